The van der Waals surface area contributed by atoms with E-state index in [4.69, 9.17) is 0 Å². The second-order valence-corrected chi connectivity index (χ2v) is 12.1. The van der Waals surface area contributed by atoms with Gasteiger partial charge in [-0.25, -0.2) is 12.8 Å². The predicted octanol–water partition coefficient (Wildman–Crippen LogP) is 4.99. The molecule has 2 atom stereocenters. The molecule has 3 saturated carbocycles. The monoisotopic (exact) mass is 482 g/mol. The largest absolute Gasteiger partial charge is 0.357 e. The van der Waals surface area contributed by atoms with E-state index in [-0.39, 0.29) is 23.0 Å². The van der Waals surface area contributed by atoms with Gasteiger partial charge in [0, 0.05) is 30.7 Å². The van der Waals surface area contributed by atoms with Gasteiger partial charge in [-0.3, -0.25) is 4.79 Å². The Balaban J connectivity index is 1.50. The molecule has 34 heavy (non-hydrogen) atoms. The SMILES string of the molecule is CN1C=CC=C(NC(=O)/C(=C/[C@H]2CCC(F)C2)c2ccc(S(=O)(=O)C3CC3)c(C3CC3)c2)C=C1. The van der Waals surface area contributed by atoms with Crippen LogP contribution in [0.4, 0.5) is 4.39 Å². The Hall–Kier alpha value is -2.67. The van der Waals surface area contributed by atoms with Gasteiger partial charge >= 0.3 is 0 Å². The Morgan fingerprint density at radius 2 is 1.91 bits per heavy atom. The van der Waals surface area contributed by atoms with Crippen LogP contribution < -0.4 is 5.32 Å². The number of nitrogens with one attached hydrogen (secondary N) is 1. The third-order valence-electron chi connectivity index (χ3n) is 7.01. The van der Waals surface area contributed by atoms with Gasteiger partial charge < -0.3 is 10.2 Å². The van der Waals surface area contributed by atoms with Gasteiger partial charge in [0.25, 0.3) is 5.91 Å². The van der Waals surface area contributed by atoms with Crippen molar-refractivity contribution < 1.29 is 17.6 Å². The van der Waals surface area contributed by atoms with Crippen LogP contribution in [0.25, 0.3) is 5.57 Å². The van der Waals surface area contributed by atoms with E-state index < -0.39 is 16.0 Å². The quantitative estimate of drug-likeness (QED) is 0.556. The van der Waals surface area contributed by atoms with Crippen LogP contribution >= 0.6 is 0 Å². The summed E-state index contributed by atoms with van der Waals surface area (Å²) in [7, 11) is -1.42. The summed E-state index contributed by atoms with van der Waals surface area (Å²) in [5.41, 5.74) is 2.66. The molecule has 1 unspecified atom stereocenters. The topological polar surface area (TPSA) is 66.5 Å². The summed E-state index contributed by atoms with van der Waals surface area (Å²) in [6.07, 6.45) is 15.3. The predicted molar refractivity (Wildman–Crippen MR) is 131 cm³/mol. The number of hydrogen-bond donors (Lipinski definition) is 1. The first kappa shape index (κ1) is 23.1. The molecule has 180 valence electrons. The smallest absolute Gasteiger partial charge is 0.255 e. The maximum Gasteiger partial charge on any atom is 0.255 e. The molecular formula is C27H31FN2O3S. The summed E-state index contributed by atoms with van der Waals surface area (Å²) in [5.74, 6) is -0.0574. The fourth-order valence-corrected chi connectivity index (χ4v) is 6.69. The fraction of sp³-hybridized carbons (Fsp3) is 0.444. The zero-order valence-electron chi connectivity index (χ0n) is 19.4. The summed E-state index contributed by atoms with van der Waals surface area (Å²) in [6.45, 7) is 0. The first-order valence-corrected chi connectivity index (χ1v) is 13.7. The number of nitrogens with zero attached hydrogens (tertiary/aromatic N) is 1. The Kier molecular flexibility index (Phi) is 6.23. The van der Waals surface area contributed by atoms with Crippen LogP contribution in [0, 0.1) is 5.92 Å². The van der Waals surface area contributed by atoms with Crippen LogP contribution in [0.15, 0.2) is 65.5 Å². The molecule has 1 heterocycles. The number of sulfone groups is 1. The normalized spacial score (nSPS) is 25.3. The van der Waals surface area contributed by atoms with E-state index in [0.717, 1.165) is 31.2 Å². The van der Waals surface area contributed by atoms with Crippen LogP contribution in [0.1, 0.15) is 62.0 Å². The zero-order chi connectivity index (χ0) is 23.9. The fourth-order valence-electron chi connectivity index (χ4n) is 4.76. The molecule has 3 aliphatic carbocycles. The maximum absolute atomic E-state index is 13.9. The molecule has 1 N–H and O–H groups in total. The molecule has 3 fully saturated rings. The van der Waals surface area contributed by atoms with Crippen molar-refractivity contribution in [2.75, 3.05) is 7.05 Å². The van der Waals surface area contributed by atoms with Gasteiger partial charge in [0.2, 0.25) is 0 Å². The van der Waals surface area contributed by atoms with E-state index in [1.165, 1.54) is 0 Å². The summed E-state index contributed by atoms with van der Waals surface area (Å²) in [5, 5.41) is 2.71. The molecule has 4 aliphatic rings. The highest BCUT2D eigenvalue weighted by Crippen LogP contribution is 2.46. The number of benzene rings is 1. The molecule has 5 rings (SSSR count). The Labute approximate surface area is 201 Å². The van der Waals surface area contributed by atoms with Crippen LogP contribution in [0.5, 0.6) is 0 Å². The molecule has 0 radical (unpaired) electrons. The van der Waals surface area contributed by atoms with E-state index in [2.05, 4.69) is 5.32 Å². The molecule has 7 heteroatoms. The van der Waals surface area contributed by atoms with Crippen molar-refractivity contribution in [2.45, 2.75) is 67.2 Å². The number of halogens is 1. The highest BCUT2D eigenvalue weighted by Gasteiger charge is 2.40. The lowest BCUT2D eigenvalue weighted by Gasteiger charge is -2.16. The molecule has 0 saturated heterocycles. The number of hydrogen-bond acceptors (Lipinski definition) is 4. The molecule has 0 aromatic heterocycles. The van der Waals surface area contributed by atoms with Gasteiger partial charge in [0.05, 0.1) is 10.1 Å². The minimum atomic E-state index is -3.33. The number of carbonyl (C=O) groups is 1. The second-order valence-electron chi connectivity index (χ2n) is 9.92. The van der Waals surface area contributed by atoms with Crippen molar-refractivity contribution in [1.29, 1.82) is 0 Å². The van der Waals surface area contributed by atoms with Crippen molar-refractivity contribution in [2.24, 2.45) is 5.92 Å². The number of allylic oxidation sites excluding steroid dienone is 4. The molecule has 1 aromatic rings. The van der Waals surface area contributed by atoms with Gasteiger partial charge in [0.1, 0.15) is 6.17 Å². The van der Waals surface area contributed by atoms with E-state index in [1.807, 2.05) is 54.7 Å². The van der Waals surface area contributed by atoms with Gasteiger partial charge in [-0.15, -0.1) is 0 Å². The first-order chi connectivity index (χ1) is 16.3. The van der Waals surface area contributed by atoms with Crippen molar-refractivity contribution >= 4 is 21.3 Å². The summed E-state index contributed by atoms with van der Waals surface area (Å²) < 4.78 is 40.0. The average Bonchev–Trinajstić information content (AvgIpc) is 3.70. The molecule has 0 spiro atoms. The lowest BCUT2D eigenvalue weighted by molar-refractivity contribution is -0.114. The lowest BCUT2D eigenvalue weighted by Crippen LogP contribution is -2.24. The number of amides is 1. The summed E-state index contributed by atoms with van der Waals surface area (Å²) in [6, 6.07) is 5.33. The number of rotatable bonds is 7. The highest BCUT2D eigenvalue weighted by molar-refractivity contribution is 7.92. The molecule has 1 amide bonds. The molecule has 0 bridgehead atoms. The minimum Gasteiger partial charge on any atom is -0.357 e. The van der Waals surface area contributed by atoms with Crippen molar-refractivity contribution in [3.63, 3.8) is 0 Å². The van der Waals surface area contributed by atoms with Crippen molar-refractivity contribution in [3.05, 3.63) is 71.7 Å². The zero-order valence-corrected chi connectivity index (χ0v) is 20.2. The summed E-state index contributed by atoms with van der Waals surface area (Å²) in [4.78, 5) is 15.8. The highest BCUT2D eigenvalue weighted by atomic mass is 32.2. The van der Waals surface area contributed by atoms with Crippen LogP contribution in [-0.4, -0.2) is 37.7 Å². The van der Waals surface area contributed by atoms with Gasteiger partial charge in [-0.2, -0.15) is 0 Å². The van der Waals surface area contributed by atoms with Crippen LogP contribution in [0.2, 0.25) is 0 Å². The molecule has 1 aliphatic heterocycles. The Morgan fingerprint density at radius 3 is 2.59 bits per heavy atom. The number of carbonyl (C=O) groups excluding carboxylic acids is 1. The van der Waals surface area contributed by atoms with Gasteiger partial charge in [-0.05, 0) is 98.3 Å². The Bertz CT molecular complexity index is 1210. The maximum atomic E-state index is 13.9. The number of alkyl halides is 1. The van der Waals surface area contributed by atoms with Crippen molar-refractivity contribution in [1.82, 2.24) is 10.2 Å². The molecule has 5 nitrogen and oxygen atoms in total. The van der Waals surface area contributed by atoms with E-state index in [0.29, 0.717) is 41.0 Å². The second kappa shape index (κ2) is 9.17. The standard InChI is InChI=1S/C27H31FN2O3S/c1-30-13-2-3-22(12-14-30)29-27(31)25(16-18-4-8-21(28)15-18)20-7-11-26(24(17-20)19-5-6-19)34(32,33)23-9-10-23/h2-3,7,11-14,16-19,21,23H,4-6,8-10,15H2,1H3,(H,29,31)/b25-16+/t18-,21?/m0/s1. The van der Waals surface area contributed by atoms with Crippen LogP contribution in [-0.2, 0) is 14.6 Å². The third kappa shape index (κ3) is 5.04. The third-order valence-corrected chi connectivity index (χ3v) is 9.34. The van der Waals surface area contributed by atoms with Gasteiger partial charge in [-0.1, -0.05) is 12.1 Å². The van der Waals surface area contributed by atoms with E-state index >= 15 is 0 Å². The van der Waals surface area contributed by atoms with Gasteiger partial charge in [0.15, 0.2) is 9.84 Å². The molecule has 1 aromatic carbocycles. The lowest BCUT2D eigenvalue weighted by atomic mass is 9.95. The Morgan fingerprint density at radius 1 is 1.12 bits per heavy atom. The van der Waals surface area contributed by atoms with E-state index in [9.17, 15) is 17.6 Å². The van der Waals surface area contributed by atoms with Crippen molar-refractivity contribution in [3.8, 4) is 0 Å². The minimum absolute atomic E-state index is 0.0142. The first-order valence-electron chi connectivity index (χ1n) is 12.2. The van der Waals surface area contributed by atoms with Crippen LogP contribution in [0.3, 0.4) is 0 Å². The average molecular weight is 483 g/mol. The van der Waals surface area contributed by atoms with E-state index in [1.54, 1.807) is 12.1 Å². The molecular weight excluding hydrogens is 451 g/mol. The summed E-state index contributed by atoms with van der Waals surface area (Å²) >= 11 is 0.